The number of rotatable bonds is 1. The topological polar surface area (TPSA) is 58.9 Å². The van der Waals surface area contributed by atoms with Crippen LogP contribution in [0.5, 0.6) is 0 Å². The van der Waals surface area contributed by atoms with Gasteiger partial charge in [-0.05, 0) is 6.07 Å². The lowest BCUT2D eigenvalue weighted by Gasteiger charge is -1.86. The average Bonchev–Trinajstić information content (AvgIpc) is 1.88. The van der Waals surface area contributed by atoms with E-state index in [-0.39, 0.29) is 10.3 Å². The number of nitrogens with zero attached hydrogens (tertiary/aromatic N) is 1. The van der Waals surface area contributed by atoms with Crippen LogP contribution in [0.2, 0.25) is 0 Å². The molecule has 1 aromatic rings. The smallest absolute Gasteiger partial charge is 0.311 e. The van der Waals surface area contributed by atoms with Gasteiger partial charge in [-0.15, -0.1) is 0 Å². The Hall–Kier alpha value is -1.23. The molecule has 1 N–H and O–H groups in total. The molecule has 0 atom stereocenters. The molecule has 0 aliphatic rings. The number of aromatic nitrogens is 1. The van der Waals surface area contributed by atoms with Crippen molar-refractivity contribution in [1.82, 2.24) is 4.98 Å². The van der Waals surface area contributed by atoms with E-state index in [9.17, 15) is 10.1 Å². The van der Waals surface area contributed by atoms with Gasteiger partial charge in [-0.2, -0.15) is 0 Å². The van der Waals surface area contributed by atoms with E-state index >= 15 is 0 Å². The Morgan fingerprint density at radius 3 is 2.90 bits per heavy atom. The Bertz CT molecular complexity index is 307. The first-order chi connectivity index (χ1) is 4.72. The highest BCUT2D eigenvalue weighted by Gasteiger charge is 2.05. The molecule has 0 saturated heterocycles. The van der Waals surface area contributed by atoms with Crippen LogP contribution in [0.3, 0.4) is 0 Å². The normalized spacial score (nSPS) is 9.20. The molecule has 0 bridgehead atoms. The molecule has 10 heavy (non-hydrogen) atoms. The number of H-pyrrole nitrogens is 1. The fraction of sp³-hybridized carbons (Fsp3) is 0. The van der Waals surface area contributed by atoms with E-state index in [1.165, 1.54) is 12.3 Å². The highest BCUT2D eigenvalue weighted by molar-refractivity contribution is 7.71. The quantitative estimate of drug-likeness (QED) is 0.379. The van der Waals surface area contributed by atoms with E-state index in [4.69, 9.17) is 0 Å². The van der Waals surface area contributed by atoms with Crippen LogP contribution in [0.1, 0.15) is 0 Å². The van der Waals surface area contributed by atoms with E-state index in [0.717, 1.165) is 0 Å². The number of nitro groups is 1. The summed E-state index contributed by atoms with van der Waals surface area (Å²) in [6, 6.07) is 3.81. The second-order valence-electron chi connectivity index (χ2n) is 1.56. The Kier molecular flexibility index (Phi) is 1.77. The second kappa shape index (κ2) is 2.57. The molecule has 0 fully saturated rings. The predicted molar refractivity (Wildman–Crippen MR) is 37.1 cm³/mol. The van der Waals surface area contributed by atoms with E-state index in [2.05, 4.69) is 23.3 Å². The second-order valence-corrected chi connectivity index (χ2v) is 1.97. The first-order valence-electron chi connectivity index (χ1n) is 2.45. The van der Waals surface area contributed by atoms with Crippen LogP contribution >= 0.6 is 12.2 Å². The van der Waals surface area contributed by atoms with Gasteiger partial charge in [0.2, 0.25) is 0 Å². The number of aromatic amines is 1. The molecule has 0 aromatic carbocycles. The predicted octanol–water partition coefficient (Wildman–Crippen LogP) is 1.45. The maximum atomic E-state index is 10.1. The molecular weight excluding hydrogens is 152 g/mol. The minimum absolute atomic E-state index is 0.104. The molecule has 4 nitrogen and oxygen atoms in total. The SMILES string of the molecule is O=[N+]([O-])c1[c]cc[nH]c1=S. The average molecular weight is 155 g/mol. The molecule has 1 radical (unpaired) electrons. The minimum atomic E-state index is -0.571. The molecule has 1 aromatic heterocycles. The third-order valence-electron chi connectivity index (χ3n) is 0.915. The Balaban J connectivity index is 3.29. The highest BCUT2D eigenvalue weighted by atomic mass is 32.1. The van der Waals surface area contributed by atoms with Crippen molar-refractivity contribution in [2.75, 3.05) is 0 Å². The Labute approximate surface area is 61.7 Å². The molecule has 0 unspecified atom stereocenters. The summed E-state index contributed by atoms with van der Waals surface area (Å²) in [7, 11) is 0. The third kappa shape index (κ3) is 1.19. The first kappa shape index (κ1) is 6.88. The zero-order valence-electron chi connectivity index (χ0n) is 4.83. The van der Waals surface area contributed by atoms with Gasteiger partial charge in [0.05, 0.1) is 11.0 Å². The van der Waals surface area contributed by atoms with Crippen LogP contribution in [0.25, 0.3) is 0 Å². The maximum absolute atomic E-state index is 10.1. The largest absolute Gasteiger partial charge is 0.347 e. The summed E-state index contributed by atoms with van der Waals surface area (Å²) in [4.78, 5) is 12.1. The van der Waals surface area contributed by atoms with E-state index in [1.807, 2.05) is 0 Å². The number of pyridine rings is 1. The molecule has 0 saturated carbocycles. The first-order valence-corrected chi connectivity index (χ1v) is 2.86. The van der Waals surface area contributed by atoms with E-state index < -0.39 is 4.92 Å². The van der Waals surface area contributed by atoms with Crippen molar-refractivity contribution in [3.8, 4) is 0 Å². The van der Waals surface area contributed by atoms with E-state index in [0.29, 0.717) is 0 Å². The standard InChI is InChI=1S/C5H3N2O2S/c8-7(9)4-2-1-3-6-5(4)10/h1,3H,(H,6,10). The van der Waals surface area contributed by atoms with Gasteiger partial charge in [0.1, 0.15) is 0 Å². The molecule has 0 aliphatic heterocycles. The van der Waals surface area contributed by atoms with Crippen molar-refractivity contribution >= 4 is 17.9 Å². The van der Waals surface area contributed by atoms with Crippen LogP contribution in [-0.2, 0) is 0 Å². The van der Waals surface area contributed by atoms with Crippen molar-refractivity contribution in [3.05, 3.63) is 33.1 Å². The van der Waals surface area contributed by atoms with Crippen LogP contribution in [0, 0.1) is 20.8 Å². The van der Waals surface area contributed by atoms with Crippen molar-refractivity contribution in [2.45, 2.75) is 0 Å². The summed E-state index contributed by atoms with van der Waals surface area (Å²) in [5.74, 6) is 0. The molecule has 1 rings (SSSR count). The fourth-order valence-electron chi connectivity index (χ4n) is 0.507. The molecule has 1 heterocycles. The Morgan fingerprint density at radius 2 is 2.50 bits per heavy atom. The summed E-state index contributed by atoms with van der Waals surface area (Å²) in [6.07, 6.45) is 1.50. The molecule has 51 valence electrons. The van der Waals surface area contributed by atoms with Crippen LogP contribution in [0.15, 0.2) is 12.3 Å². The van der Waals surface area contributed by atoms with Crippen LogP contribution < -0.4 is 0 Å². The van der Waals surface area contributed by atoms with Gasteiger partial charge in [-0.1, -0.05) is 12.2 Å². The Morgan fingerprint density at radius 1 is 1.80 bits per heavy atom. The molecular formula is C5H3N2O2S. The fourth-order valence-corrected chi connectivity index (χ4v) is 0.709. The summed E-state index contributed by atoms with van der Waals surface area (Å²) in [5.41, 5.74) is -0.183. The zero-order chi connectivity index (χ0) is 7.56. The monoisotopic (exact) mass is 155 g/mol. The summed E-state index contributed by atoms with van der Waals surface area (Å²) >= 11 is 4.60. The van der Waals surface area contributed by atoms with Gasteiger partial charge in [-0.3, -0.25) is 10.1 Å². The van der Waals surface area contributed by atoms with Gasteiger partial charge in [-0.25, -0.2) is 0 Å². The summed E-state index contributed by atoms with van der Waals surface area (Å²) < 4.78 is 0.104. The van der Waals surface area contributed by atoms with Gasteiger partial charge < -0.3 is 4.98 Å². The molecule has 0 amide bonds. The molecule has 5 heteroatoms. The number of hydrogen-bond acceptors (Lipinski definition) is 3. The summed E-state index contributed by atoms with van der Waals surface area (Å²) in [5, 5.41) is 10.1. The minimum Gasteiger partial charge on any atom is -0.347 e. The van der Waals surface area contributed by atoms with Crippen molar-refractivity contribution in [2.24, 2.45) is 0 Å². The van der Waals surface area contributed by atoms with Gasteiger partial charge in [0.25, 0.3) is 0 Å². The number of hydrogen-bond donors (Lipinski definition) is 1. The zero-order valence-corrected chi connectivity index (χ0v) is 5.64. The highest BCUT2D eigenvalue weighted by Crippen LogP contribution is 2.07. The van der Waals surface area contributed by atoms with Crippen molar-refractivity contribution < 1.29 is 4.92 Å². The van der Waals surface area contributed by atoms with Crippen molar-refractivity contribution in [1.29, 1.82) is 0 Å². The van der Waals surface area contributed by atoms with Crippen LogP contribution in [0.4, 0.5) is 5.69 Å². The summed E-state index contributed by atoms with van der Waals surface area (Å²) in [6.45, 7) is 0. The lowest BCUT2D eigenvalue weighted by Crippen LogP contribution is -1.89. The van der Waals surface area contributed by atoms with Crippen LogP contribution in [-0.4, -0.2) is 9.91 Å². The lowest BCUT2D eigenvalue weighted by molar-refractivity contribution is -0.386. The lowest BCUT2D eigenvalue weighted by atomic mass is 10.4. The van der Waals surface area contributed by atoms with Gasteiger partial charge >= 0.3 is 5.69 Å². The van der Waals surface area contributed by atoms with E-state index in [1.54, 1.807) is 0 Å². The third-order valence-corrected chi connectivity index (χ3v) is 1.23. The number of nitrogens with one attached hydrogen (secondary N) is 1. The molecule has 0 spiro atoms. The van der Waals surface area contributed by atoms with Gasteiger partial charge in [0.15, 0.2) is 4.64 Å². The molecule has 0 aliphatic carbocycles. The van der Waals surface area contributed by atoms with Crippen molar-refractivity contribution in [3.63, 3.8) is 0 Å². The maximum Gasteiger partial charge on any atom is 0.311 e. The van der Waals surface area contributed by atoms with Gasteiger partial charge in [0, 0.05) is 6.20 Å².